The molecule has 0 spiro atoms. The van der Waals surface area contributed by atoms with E-state index in [1.807, 2.05) is 13.2 Å². The molecule has 0 amide bonds. The Hall–Kier alpha value is -0.690. The molecule has 0 rings (SSSR count). The first-order valence-electron chi connectivity index (χ1n) is 6.16. The highest BCUT2D eigenvalue weighted by Gasteiger charge is 2.44. The molecule has 98 valence electrons. The summed E-state index contributed by atoms with van der Waals surface area (Å²) in [6.45, 7) is 6.15. The van der Waals surface area contributed by atoms with Crippen molar-refractivity contribution in [3.63, 3.8) is 0 Å². The fourth-order valence-corrected chi connectivity index (χ4v) is 2.49. The van der Waals surface area contributed by atoms with Crippen LogP contribution in [0.3, 0.4) is 0 Å². The van der Waals surface area contributed by atoms with Gasteiger partial charge < -0.3 is 4.74 Å². The van der Waals surface area contributed by atoms with E-state index in [1.54, 1.807) is 18.7 Å². The van der Waals surface area contributed by atoms with Crippen LogP contribution in [0.25, 0.3) is 0 Å². The van der Waals surface area contributed by atoms with Crippen LogP contribution in [0.2, 0.25) is 0 Å². The quantitative estimate of drug-likeness (QED) is 0.626. The molecule has 2 unspecified atom stereocenters. The first-order valence-corrected chi connectivity index (χ1v) is 7.55. The SMILES string of the molecule is CCCC(C)C(C#N)(CCSC)C(=O)OCC. The molecule has 3 nitrogen and oxygen atoms in total. The second-order valence-electron chi connectivity index (χ2n) is 4.24. The Morgan fingerprint density at radius 3 is 2.59 bits per heavy atom. The molecule has 0 saturated carbocycles. The van der Waals surface area contributed by atoms with Crippen molar-refractivity contribution in [3.8, 4) is 6.07 Å². The lowest BCUT2D eigenvalue weighted by atomic mass is 9.73. The largest absolute Gasteiger partial charge is 0.465 e. The number of carbonyl (C=O) groups excluding carboxylic acids is 1. The van der Waals surface area contributed by atoms with Gasteiger partial charge in [-0.15, -0.1) is 0 Å². The minimum absolute atomic E-state index is 0.0451. The lowest BCUT2D eigenvalue weighted by molar-refractivity contribution is -0.154. The average Bonchev–Trinajstić information content (AvgIpc) is 2.31. The molecule has 0 aromatic carbocycles. The Kier molecular flexibility index (Phi) is 8.07. The van der Waals surface area contributed by atoms with Crippen LogP contribution >= 0.6 is 11.8 Å². The van der Waals surface area contributed by atoms with E-state index in [1.165, 1.54) is 0 Å². The van der Waals surface area contributed by atoms with Gasteiger partial charge in [-0.3, -0.25) is 4.79 Å². The van der Waals surface area contributed by atoms with Crippen LogP contribution < -0.4 is 0 Å². The zero-order chi connectivity index (χ0) is 13.3. The summed E-state index contributed by atoms with van der Waals surface area (Å²) in [5.74, 6) is 0.502. The van der Waals surface area contributed by atoms with Crippen molar-refractivity contribution in [1.82, 2.24) is 0 Å². The van der Waals surface area contributed by atoms with Crippen LogP contribution in [0.5, 0.6) is 0 Å². The Labute approximate surface area is 109 Å². The van der Waals surface area contributed by atoms with Gasteiger partial charge in [0.2, 0.25) is 0 Å². The number of thioether (sulfide) groups is 1. The van der Waals surface area contributed by atoms with Crippen molar-refractivity contribution in [1.29, 1.82) is 5.26 Å². The van der Waals surface area contributed by atoms with Gasteiger partial charge in [-0.05, 0) is 37.7 Å². The number of nitriles is 1. The maximum absolute atomic E-state index is 12.1. The average molecular weight is 257 g/mol. The zero-order valence-electron chi connectivity index (χ0n) is 11.3. The van der Waals surface area contributed by atoms with Crippen molar-refractivity contribution in [2.75, 3.05) is 18.6 Å². The van der Waals surface area contributed by atoms with Crippen molar-refractivity contribution in [2.24, 2.45) is 11.3 Å². The van der Waals surface area contributed by atoms with Crippen LogP contribution in [0.4, 0.5) is 0 Å². The van der Waals surface area contributed by atoms with E-state index in [0.717, 1.165) is 18.6 Å². The van der Waals surface area contributed by atoms with Gasteiger partial charge in [0.15, 0.2) is 5.41 Å². The maximum Gasteiger partial charge on any atom is 0.326 e. The second-order valence-corrected chi connectivity index (χ2v) is 5.22. The lowest BCUT2D eigenvalue weighted by Crippen LogP contribution is -2.38. The summed E-state index contributed by atoms with van der Waals surface area (Å²) in [5, 5.41) is 9.44. The van der Waals surface area contributed by atoms with Crippen LogP contribution in [-0.2, 0) is 9.53 Å². The van der Waals surface area contributed by atoms with Crippen LogP contribution in [-0.4, -0.2) is 24.6 Å². The van der Waals surface area contributed by atoms with E-state index in [-0.39, 0.29) is 11.9 Å². The van der Waals surface area contributed by atoms with E-state index in [2.05, 4.69) is 13.0 Å². The van der Waals surface area contributed by atoms with Gasteiger partial charge in [-0.25, -0.2) is 0 Å². The monoisotopic (exact) mass is 257 g/mol. The Morgan fingerprint density at radius 2 is 2.18 bits per heavy atom. The molecular formula is C13H23NO2S. The summed E-state index contributed by atoms with van der Waals surface area (Å²) < 4.78 is 5.09. The summed E-state index contributed by atoms with van der Waals surface area (Å²) in [6.07, 6.45) is 4.41. The minimum Gasteiger partial charge on any atom is -0.465 e. The third-order valence-corrected chi connectivity index (χ3v) is 3.72. The summed E-state index contributed by atoms with van der Waals surface area (Å²) >= 11 is 1.66. The fourth-order valence-electron chi connectivity index (χ4n) is 1.96. The van der Waals surface area contributed by atoms with E-state index in [4.69, 9.17) is 4.74 Å². The summed E-state index contributed by atoms with van der Waals surface area (Å²) in [4.78, 5) is 12.1. The van der Waals surface area contributed by atoms with Crippen molar-refractivity contribution >= 4 is 17.7 Å². The van der Waals surface area contributed by atoms with Gasteiger partial charge in [-0.1, -0.05) is 20.3 Å². The molecular weight excluding hydrogens is 234 g/mol. The molecule has 0 bridgehead atoms. The Bertz CT molecular complexity index is 275. The number of ether oxygens (including phenoxy) is 1. The van der Waals surface area contributed by atoms with E-state index in [9.17, 15) is 10.1 Å². The van der Waals surface area contributed by atoms with E-state index >= 15 is 0 Å². The van der Waals surface area contributed by atoms with Crippen molar-refractivity contribution < 1.29 is 9.53 Å². The number of hydrogen-bond donors (Lipinski definition) is 0. The molecule has 0 aliphatic rings. The molecule has 0 radical (unpaired) electrons. The molecule has 17 heavy (non-hydrogen) atoms. The number of rotatable bonds is 8. The van der Waals surface area contributed by atoms with Gasteiger partial charge in [0.1, 0.15) is 0 Å². The third kappa shape index (κ3) is 4.23. The molecule has 0 aliphatic carbocycles. The molecule has 0 aliphatic heterocycles. The first-order chi connectivity index (χ1) is 8.08. The standard InChI is InChI=1S/C13H23NO2S/c1-5-7-11(3)13(10-14,8-9-17-4)12(15)16-6-2/h11H,5-9H2,1-4H3. The maximum atomic E-state index is 12.1. The van der Waals surface area contributed by atoms with Gasteiger partial charge in [0, 0.05) is 0 Å². The number of hydrogen-bond acceptors (Lipinski definition) is 4. The highest BCUT2D eigenvalue weighted by Crippen LogP contribution is 2.36. The molecule has 0 heterocycles. The molecule has 0 N–H and O–H groups in total. The number of carbonyl (C=O) groups is 1. The number of esters is 1. The van der Waals surface area contributed by atoms with Crippen molar-refractivity contribution in [3.05, 3.63) is 0 Å². The summed E-state index contributed by atoms with van der Waals surface area (Å²) in [5.41, 5.74) is -0.963. The first kappa shape index (κ1) is 16.3. The Balaban J connectivity index is 5.00. The van der Waals surface area contributed by atoms with Crippen LogP contribution in [0, 0.1) is 22.7 Å². The molecule has 0 saturated heterocycles. The lowest BCUT2D eigenvalue weighted by Gasteiger charge is -2.30. The fraction of sp³-hybridized carbons (Fsp3) is 0.846. The van der Waals surface area contributed by atoms with Crippen LogP contribution in [0.15, 0.2) is 0 Å². The second kappa shape index (κ2) is 8.41. The van der Waals surface area contributed by atoms with Gasteiger partial charge in [0.25, 0.3) is 0 Å². The zero-order valence-corrected chi connectivity index (χ0v) is 12.1. The van der Waals surface area contributed by atoms with Gasteiger partial charge in [0.05, 0.1) is 12.7 Å². The predicted molar refractivity (Wildman–Crippen MR) is 71.8 cm³/mol. The highest BCUT2D eigenvalue weighted by molar-refractivity contribution is 7.98. The van der Waals surface area contributed by atoms with Gasteiger partial charge >= 0.3 is 5.97 Å². The summed E-state index contributed by atoms with van der Waals surface area (Å²) in [7, 11) is 0. The third-order valence-electron chi connectivity index (χ3n) is 3.10. The van der Waals surface area contributed by atoms with Gasteiger partial charge in [-0.2, -0.15) is 17.0 Å². The van der Waals surface area contributed by atoms with Crippen molar-refractivity contribution in [2.45, 2.75) is 40.0 Å². The molecule has 0 aromatic rings. The topological polar surface area (TPSA) is 50.1 Å². The smallest absolute Gasteiger partial charge is 0.326 e. The van der Waals surface area contributed by atoms with E-state index < -0.39 is 5.41 Å². The van der Waals surface area contributed by atoms with E-state index in [0.29, 0.717) is 13.0 Å². The minimum atomic E-state index is -0.963. The molecule has 0 aromatic heterocycles. The molecule has 0 fully saturated rings. The molecule has 2 atom stereocenters. The summed E-state index contributed by atoms with van der Waals surface area (Å²) in [6, 6.07) is 2.23. The van der Waals surface area contributed by atoms with Crippen LogP contribution in [0.1, 0.15) is 40.0 Å². The normalized spacial score (nSPS) is 15.7. The molecule has 4 heteroatoms. The predicted octanol–water partition coefficient (Wildman–Crippen LogP) is 3.25. The Morgan fingerprint density at radius 1 is 1.53 bits per heavy atom. The highest BCUT2D eigenvalue weighted by atomic mass is 32.2. The number of nitrogens with zero attached hydrogens (tertiary/aromatic N) is 1.